The SMILES string of the molecule is CC(C)N(C)CCNC(=O)c1cccc(N)c1.Cl.Cl. The lowest BCUT2D eigenvalue weighted by molar-refractivity contribution is 0.0948. The van der Waals surface area contributed by atoms with E-state index in [1.807, 2.05) is 7.05 Å². The van der Waals surface area contributed by atoms with Crippen molar-refractivity contribution in [2.24, 2.45) is 0 Å². The molecule has 1 aromatic carbocycles. The van der Waals surface area contributed by atoms with Crippen molar-refractivity contribution in [3.8, 4) is 0 Å². The highest BCUT2D eigenvalue weighted by molar-refractivity contribution is 5.94. The van der Waals surface area contributed by atoms with Gasteiger partial charge in [-0.2, -0.15) is 0 Å². The van der Waals surface area contributed by atoms with Crippen LogP contribution in [0.4, 0.5) is 5.69 Å². The Morgan fingerprint density at radius 3 is 2.53 bits per heavy atom. The first kappa shape index (κ1) is 20.3. The van der Waals surface area contributed by atoms with Crippen LogP contribution in [-0.2, 0) is 0 Å². The van der Waals surface area contributed by atoms with Crippen LogP contribution in [0.3, 0.4) is 0 Å². The Morgan fingerprint density at radius 1 is 1.37 bits per heavy atom. The number of carbonyl (C=O) groups excluding carboxylic acids is 1. The van der Waals surface area contributed by atoms with Gasteiger partial charge >= 0.3 is 0 Å². The van der Waals surface area contributed by atoms with Crippen molar-refractivity contribution >= 4 is 36.4 Å². The van der Waals surface area contributed by atoms with Crippen LogP contribution in [0, 0.1) is 0 Å². The molecule has 0 fully saturated rings. The minimum absolute atomic E-state index is 0. The fourth-order valence-corrected chi connectivity index (χ4v) is 1.39. The van der Waals surface area contributed by atoms with Gasteiger partial charge in [-0.15, -0.1) is 24.8 Å². The maximum atomic E-state index is 11.8. The second-order valence-electron chi connectivity index (χ2n) is 4.46. The predicted octanol–water partition coefficient (Wildman–Crippen LogP) is 2.18. The van der Waals surface area contributed by atoms with E-state index in [2.05, 4.69) is 24.1 Å². The molecule has 0 unspecified atom stereocenters. The van der Waals surface area contributed by atoms with Crippen molar-refractivity contribution in [3.05, 3.63) is 29.8 Å². The van der Waals surface area contributed by atoms with E-state index in [0.29, 0.717) is 23.8 Å². The Bertz CT molecular complexity index is 386. The summed E-state index contributed by atoms with van der Waals surface area (Å²) < 4.78 is 0. The summed E-state index contributed by atoms with van der Waals surface area (Å²) in [7, 11) is 2.04. The zero-order chi connectivity index (χ0) is 12.8. The Hall–Kier alpha value is -0.970. The maximum absolute atomic E-state index is 11.8. The molecule has 0 saturated heterocycles. The standard InChI is InChI=1S/C13H21N3O.2ClH/c1-10(2)16(3)8-7-15-13(17)11-5-4-6-12(14)9-11;;/h4-6,9-10H,7-8,14H2,1-3H3,(H,15,17);2*1H. The average Bonchev–Trinajstić information content (AvgIpc) is 2.28. The fourth-order valence-electron chi connectivity index (χ4n) is 1.39. The summed E-state index contributed by atoms with van der Waals surface area (Å²) in [5.74, 6) is -0.0746. The molecular weight excluding hydrogens is 285 g/mol. The molecule has 0 aliphatic heterocycles. The van der Waals surface area contributed by atoms with Crippen LogP contribution in [0.5, 0.6) is 0 Å². The molecule has 1 amide bonds. The van der Waals surface area contributed by atoms with Crippen LogP contribution in [0.2, 0.25) is 0 Å². The van der Waals surface area contributed by atoms with Crippen molar-refractivity contribution in [3.63, 3.8) is 0 Å². The fraction of sp³-hybridized carbons (Fsp3) is 0.462. The number of amides is 1. The summed E-state index contributed by atoms with van der Waals surface area (Å²) in [6, 6.07) is 7.48. The summed E-state index contributed by atoms with van der Waals surface area (Å²) in [6.07, 6.45) is 0. The highest BCUT2D eigenvalue weighted by atomic mass is 35.5. The number of nitrogens with one attached hydrogen (secondary N) is 1. The van der Waals surface area contributed by atoms with Gasteiger partial charge in [-0.3, -0.25) is 4.79 Å². The molecule has 19 heavy (non-hydrogen) atoms. The van der Waals surface area contributed by atoms with Gasteiger partial charge in [0.1, 0.15) is 0 Å². The van der Waals surface area contributed by atoms with Gasteiger partial charge in [0.25, 0.3) is 5.91 Å². The molecule has 110 valence electrons. The zero-order valence-electron chi connectivity index (χ0n) is 11.6. The number of nitrogens with two attached hydrogens (primary N) is 1. The number of rotatable bonds is 5. The number of benzene rings is 1. The lowest BCUT2D eigenvalue weighted by Gasteiger charge is -2.20. The largest absolute Gasteiger partial charge is 0.399 e. The highest BCUT2D eigenvalue weighted by Crippen LogP contribution is 2.05. The molecule has 1 rings (SSSR count). The molecule has 6 heteroatoms. The first-order valence-corrected chi connectivity index (χ1v) is 5.84. The van der Waals surface area contributed by atoms with Crippen LogP contribution < -0.4 is 11.1 Å². The molecule has 4 nitrogen and oxygen atoms in total. The molecule has 1 aromatic rings. The number of hydrogen-bond acceptors (Lipinski definition) is 3. The minimum atomic E-state index is -0.0746. The van der Waals surface area contributed by atoms with Gasteiger partial charge in [-0.05, 0) is 39.1 Å². The molecule has 0 aliphatic carbocycles. The lowest BCUT2D eigenvalue weighted by atomic mass is 10.2. The Balaban J connectivity index is 0. The third-order valence-corrected chi connectivity index (χ3v) is 2.78. The van der Waals surface area contributed by atoms with Gasteiger partial charge in [0, 0.05) is 30.4 Å². The van der Waals surface area contributed by atoms with Gasteiger partial charge in [-0.25, -0.2) is 0 Å². The Labute approximate surface area is 127 Å². The number of carbonyl (C=O) groups is 1. The van der Waals surface area contributed by atoms with Crippen molar-refractivity contribution in [2.45, 2.75) is 19.9 Å². The van der Waals surface area contributed by atoms with E-state index >= 15 is 0 Å². The molecule has 0 spiro atoms. The Kier molecular flexibility index (Phi) is 10.6. The number of anilines is 1. The van der Waals surface area contributed by atoms with E-state index in [1.54, 1.807) is 24.3 Å². The molecule has 0 radical (unpaired) electrons. The molecule has 0 heterocycles. The number of nitrogen functional groups attached to an aromatic ring is 1. The number of nitrogens with zero attached hydrogens (tertiary/aromatic N) is 1. The van der Waals surface area contributed by atoms with Crippen molar-refractivity contribution in [1.82, 2.24) is 10.2 Å². The van der Waals surface area contributed by atoms with E-state index in [4.69, 9.17) is 5.73 Å². The molecule has 0 aliphatic rings. The van der Waals surface area contributed by atoms with E-state index in [0.717, 1.165) is 6.54 Å². The van der Waals surface area contributed by atoms with E-state index < -0.39 is 0 Å². The molecular formula is C13H23Cl2N3O. The first-order valence-electron chi connectivity index (χ1n) is 5.84. The number of likely N-dealkylation sites (N-methyl/N-ethyl adjacent to an activating group) is 1. The smallest absolute Gasteiger partial charge is 0.251 e. The average molecular weight is 308 g/mol. The monoisotopic (exact) mass is 307 g/mol. The van der Waals surface area contributed by atoms with Crippen LogP contribution in [0.15, 0.2) is 24.3 Å². The van der Waals surface area contributed by atoms with Crippen LogP contribution in [0.1, 0.15) is 24.2 Å². The molecule has 0 atom stereocenters. The number of hydrogen-bond donors (Lipinski definition) is 2. The summed E-state index contributed by atoms with van der Waals surface area (Å²) in [5, 5.41) is 2.88. The summed E-state index contributed by atoms with van der Waals surface area (Å²) >= 11 is 0. The van der Waals surface area contributed by atoms with Crippen molar-refractivity contribution < 1.29 is 4.79 Å². The summed E-state index contributed by atoms with van der Waals surface area (Å²) in [6.45, 7) is 5.73. The predicted molar refractivity (Wildman–Crippen MR) is 85.4 cm³/mol. The molecule has 0 saturated carbocycles. The second-order valence-corrected chi connectivity index (χ2v) is 4.46. The van der Waals surface area contributed by atoms with E-state index in [-0.39, 0.29) is 30.7 Å². The lowest BCUT2D eigenvalue weighted by Crippen LogP contribution is -2.36. The van der Waals surface area contributed by atoms with Gasteiger partial charge in [0.2, 0.25) is 0 Å². The van der Waals surface area contributed by atoms with Crippen LogP contribution in [-0.4, -0.2) is 37.0 Å². The molecule has 0 bridgehead atoms. The molecule has 0 aromatic heterocycles. The van der Waals surface area contributed by atoms with Gasteiger partial charge in [0.05, 0.1) is 0 Å². The van der Waals surface area contributed by atoms with Crippen LogP contribution in [0.25, 0.3) is 0 Å². The second kappa shape index (κ2) is 9.89. The quantitative estimate of drug-likeness (QED) is 0.820. The van der Waals surface area contributed by atoms with Crippen molar-refractivity contribution in [2.75, 3.05) is 25.9 Å². The maximum Gasteiger partial charge on any atom is 0.251 e. The highest BCUT2D eigenvalue weighted by Gasteiger charge is 2.06. The van der Waals surface area contributed by atoms with E-state index in [9.17, 15) is 4.79 Å². The molecule has 3 N–H and O–H groups in total. The van der Waals surface area contributed by atoms with E-state index in [1.165, 1.54) is 0 Å². The topological polar surface area (TPSA) is 58.4 Å². The van der Waals surface area contributed by atoms with Gasteiger partial charge < -0.3 is 16.0 Å². The van der Waals surface area contributed by atoms with Gasteiger partial charge in [-0.1, -0.05) is 6.07 Å². The van der Waals surface area contributed by atoms with Crippen LogP contribution >= 0.6 is 24.8 Å². The Morgan fingerprint density at radius 2 is 2.00 bits per heavy atom. The van der Waals surface area contributed by atoms with Gasteiger partial charge in [0.15, 0.2) is 0 Å². The third kappa shape index (κ3) is 7.25. The first-order chi connectivity index (χ1) is 8.00. The summed E-state index contributed by atoms with van der Waals surface area (Å²) in [5.41, 5.74) is 6.84. The summed E-state index contributed by atoms with van der Waals surface area (Å²) in [4.78, 5) is 13.9. The normalized spacial score (nSPS) is 9.74. The number of halogens is 2. The third-order valence-electron chi connectivity index (χ3n) is 2.78. The minimum Gasteiger partial charge on any atom is -0.399 e. The van der Waals surface area contributed by atoms with Crippen molar-refractivity contribution in [1.29, 1.82) is 0 Å². The zero-order valence-corrected chi connectivity index (χ0v) is 13.2.